The first kappa shape index (κ1) is 18.7. The number of anilines is 3. The lowest BCUT2D eigenvalue weighted by molar-refractivity contribution is 1.27. The van der Waals surface area contributed by atoms with Crippen molar-refractivity contribution in [3.05, 3.63) is 120 Å². The largest absolute Gasteiger partial charge is 0.311 e. The Morgan fingerprint density at radius 2 is 1.00 bits per heavy atom. The molecular weight excluding hydrogens is 352 g/mol. The lowest BCUT2D eigenvalue weighted by atomic mass is 10.1. The lowest BCUT2D eigenvalue weighted by Gasteiger charge is -2.25. The van der Waals surface area contributed by atoms with E-state index in [0.717, 1.165) is 28.3 Å². The van der Waals surface area contributed by atoms with Gasteiger partial charge in [0, 0.05) is 23.3 Å². The molecule has 0 saturated heterocycles. The second-order valence-corrected chi connectivity index (χ2v) is 7.19. The molecular formula is C27H24N2. The van der Waals surface area contributed by atoms with Crippen molar-refractivity contribution >= 4 is 29.0 Å². The first-order chi connectivity index (χ1) is 14.2. The molecule has 142 valence electrons. The summed E-state index contributed by atoms with van der Waals surface area (Å²) >= 11 is 0. The van der Waals surface area contributed by atoms with Crippen LogP contribution in [0.25, 0.3) is 0 Å². The molecule has 0 aliphatic carbocycles. The standard InChI is InChI=1S/C27H24N2/c1-21-8-14-25(15-9-21)29(26-16-10-22(2)11-17-26)27-18-12-23(13-19-27)20-28-24-6-4-3-5-7-24/h3-20H,1-2H3. The Kier molecular flexibility index (Phi) is 5.53. The summed E-state index contributed by atoms with van der Waals surface area (Å²) < 4.78 is 0. The Labute approximate surface area is 172 Å². The quantitative estimate of drug-likeness (QED) is 0.329. The van der Waals surface area contributed by atoms with Crippen molar-refractivity contribution in [2.45, 2.75) is 13.8 Å². The normalized spacial score (nSPS) is 11.0. The van der Waals surface area contributed by atoms with E-state index in [0.29, 0.717) is 0 Å². The van der Waals surface area contributed by atoms with E-state index in [2.05, 4.69) is 96.5 Å². The maximum absolute atomic E-state index is 4.55. The molecule has 0 aliphatic rings. The van der Waals surface area contributed by atoms with Crippen LogP contribution in [0.15, 0.2) is 108 Å². The molecule has 0 radical (unpaired) electrons. The van der Waals surface area contributed by atoms with E-state index >= 15 is 0 Å². The second kappa shape index (κ2) is 8.57. The number of rotatable bonds is 5. The van der Waals surface area contributed by atoms with E-state index in [1.54, 1.807) is 0 Å². The number of hydrogen-bond donors (Lipinski definition) is 0. The van der Waals surface area contributed by atoms with E-state index in [1.807, 2.05) is 36.5 Å². The number of aliphatic imine (C=N–C) groups is 1. The van der Waals surface area contributed by atoms with Crippen LogP contribution in [0, 0.1) is 13.8 Å². The molecule has 0 heterocycles. The summed E-state index contributed by atoms with van der Waals surface area (Å²) in [5, 5.41) is 0. The summed E-state index contributed by atoms with van der Waals surface area (Å²) in [6, 6.07) is 35.8. The fourth-order valence-electron chi connectivity index (χ4n) is 3.21. The summed E-state index contributed by atoms with van der Waals surface area (Å²) in [5.41, 5.74) is 7.95. The molecule has 0 aliphatic heterocycles. The van der Waals surface area contributed by atoms with Crippen molar-refractivity contribution in [1.82, 2.24) is 0 Å². The van der Waals surface area contributed by atoms with Crippen molar-refractivity contribution in [2.24, 2.45) is 4.99 Å². The highest BCUT2D eigenvalue weighted by Crippen LogP contribution is 2.34. The predicted octanol–water partition coefficient (Wildman–Crippen LogP) is 7.52. The van der Waals surface area contributed by atoms with Gasteiger partial charge in [0.15, 0.2) is 0 Å². The van der Waals surface area contributed by atoms with Crippen molar-refractivity contribution in [3.8, 4) is 0 Å². The van der Waals surface area contributed by atoms with Crippen LogP contribution in [-0.2, 0) is 0 Å². The number of hydrogen-bond acceptors (Lipinski definition) is 2. The van der Waals surface area contributed by atoms with Crippen LogP contribution in [0.2, 0.25) is 0 Å². The van der Waals surface area contributed by atoms with E-state index in [-0.39, 0.29) is 0 Å². The molecule has 0 saturated carbocycles. The number of benzene rings is 4. The monoisotopic (exact) mass is 376 g/mol. The summed E-state index contributed by atoms with van der Waals surface area (Å²) in [4.78, 5) is 6.82. The van der Waals surface area contributed by atoms with Crippen LogP contribution >= 0.6 is 0 Å². The molecule has 0 spiro atoms. The van der Waals surface area contributed by atoms with E-state index in [4.69, 9.17) is 0 Å². The summed E-state index contributed by atoms with van der Waals surface area (Å²) in [6.07, 6.45) is 1.90. The zero-order valence-electron chi connectivity index (χ0n) is 16.8. The van der Waals surface area contributed by atoms with Gasteiger partial charge >= 0.3 is 0 Å². The molecule has 29 heavy (non-hydrogen) atoms. The maximum Gasteiger partial charge on any atom is 0.0629 e. The van der Waals surface area contributed by atoms with E-state index in [9.17, 15) is 0 Å². The zero-order chi connectivity index (χ0) is 20.1. The SMILES string of the molecule is Cc1ccc(N(c2ccc(C)cc2)c2ccc(C=Nc3ccccc3)cc2)cc1. The zero-order valence-corrected chi connectivity index (χ0v) is 16.8. The van der Waals surface area contributed by atoms with E-state index in [1.165, 1.54) is 11.1 Å². The second-order valence-electron chi connectivity index (χ2n) is 7.19. The van der Waals surface area contributed by atoms with Gasteiger partial charge in [0.1, 0.15) is 0 Å². The van der Waals surface area contributed by atoms with Gasteiger partial charge in [-0.3, -0.25) is 4.99 Å². The van der Waals surface area contributed by atoms with Gasteiger partial charge in [-0.1, -0.05) is 65.7 Å². The minimum absolute atomic E-state index is 0.956. The molecule has 2 heteroatoms. The lowest BCUT2D eigenvalue weighted by Crippen LogP contribution is -2.09. The predicted molar refractivity (Wildman–Crippen MR) is 124 cm³/mol. The van der Waals surface area contributed by atoms with Crippen LogP contribution in [0.1, 0.15) is 16.7 Å². The van der Waals surface area contributed by atoms with Gasteiger partial charge < -0.3 is 4.90 Å². The van der Waals surface area contributed by atoms with Gasteiger partial charge in [-0.2, -0.15) is 0 Å². The topological polar surface area (TPSA) is 15.6 Å². The van der Waals surface area contributed by atoms with Crippen molar-refractivity contribution in [1.29, 1.82) is 0 Å². The first-order valence-corrected chi connectivity index (χ1v) is 9.82. The van der Waals surface area contributed by atoms with Gasteiger partial charge in [-0.15, -0.1) is 0 Å². The highest BCUT2D eigenvalue weighted by molar-refractivity contribution is 5.84. The molecule has 4 rings (SSSR count). The first-order valence-electron chi connectivity index (χ1n) is 9.82. The highest BCUT2D eigenvalue weighted by atomic mass is 15.1. The molecule has 0 bridgehead atoms. The molecule has 0 amide bonds. The Hall–Kier alpha value is -3.65. The number of para-hydroxylation sites is 1. The highest BCUT2D eigenvalue weighted by Gasteiger charge is 2.12. The molecule has 0 fully saturated rings. The minimum atomic E-state index is 0.956. The van der Waals surface area contributed by atoms with Crippen LogP contribution < -0.4 is 4.90 Å². The Balaban J connectivity index is 1.66. The van der Waals surface area contributed by atoms with Crippen LogP contribution in [0.3, 0.4) is 0 Å². The maximum atomic E-state index is 4.55. The Morgan fingerprint density at radius 3 is 1.48 bits per heavy atom. The summed E-state index contributed by atoms with van der Waals surface area (Å²) in [5.74, 6) is 0. The third-order valence-corrected chi connectivity index (χ3v) is 4.85. The summed E-state index contributed by atoms with van der Waals surface area (Å²) in [7, 11) is 0. The van der Waals surface area contributed by atoms with Crippen LogP contribution in [0.5, 0.6) is 0 Å². The van der Waals surface area contributed by atoms with Gasteiger partial charge in [0.2, 0.25) is 0 Å². The van der Waals surface area contributed by atoms with Crippen LogP contribution in [-0.4, -0.2) is 6.21 Å². The van der Waals surface area contributed by atoms with Gasteiger partial charge in [0.05, 0.1) is 5.69 Å². The summed E-state index contributed by atoms with van der Waals surface area (Å²) in [6.45, 7) is 4.22. The number of aryl methyl sites for hydroxylation is 2. The van der Waals surface area contributed by atoms with Crippen molar-refractivity contribution in [2.75, 3.05) is 4.90 Å². The average molecular weight is 377 g/mol. The van der Waals surface area contributed by atoms with Gasteiger partial charge in [-0.05, 0) is 67.9 Å². The fourth-order valence-corrected chi connectivity index (χ4v) is 3.21. The third kappa shape index (κ3) is 4.61. The fraction of sp³-hybridized carbons (Fsp3) is 0.0741. The van der Waals surface area contributed by atoms with E-state index < -0.39 is 0 Å². The minimum Gasteiger partial charge on any atom is -0.311 e. The molecule has 4 aromatic carbocycles. The Bertz CT molecular complexity index is 1030. The smallest absolute Gasteiger partial charge is 0.0629 e. The molecule has 0 aromatic heterocycles. The van der Waals surface area contributed by atoms with Crippen molar-refractivity contribution < 1.29 is 0 Å². The molecule has 2 nitrogen and oxygen atoms in total. The van der Waals surface area contributed by atoms with Gasteiger partial charge in [-0.25, -0.2) is 0 Å². The third-order valence-electron chi connectivity index (χ3n) is 4.85. The molecule has 0 atom stereocenters. The molecule has 4 aromatic rings. The van der Waals surface area contributed by atoms with Crippen molar-refractivity contribution in [3.63, 3.8) is 0 Å². The van der Waals surface area contributed by atoms with Gasteiger partial charge in [0.25, 0.3) is 0 Å². The molecule has 0 unspecified atom stereocenters. The average Bonchev–Trinajstić information content (AvgIpc) is 2.77. The molecule has 0 N–H and O–H groups in total. The van der Waals surface area contributed by atoms with Crippen LogP contribution in [0.4, 0.5) is 22.7 Å². The Morgan fingerprint density at radius 1 is 0.552 bits per heavy atom. The number of nitrogens with zero attached hydrogens (tertiary/aromatic N) is 2.